The number of anilines is 1. The van der Waals surface area contributed by atoms with Gasteiger partial charge in [0.1, 0.15) is 5.75 Å². The van der Waals surface area contributed by atoms with E-state index in [4.69, 9.17) is 4.74 Å². The van der Waals surface area contributed by atoms with Crippen LogP contribution in [0.3, 0.4) is 0 Å². The van der Waals surface area contributed by atoms with Gasteiger partial charge in [0, 0.05) is 18.3 Å². The monoisotopic (exact) mass is 377 g/mol. The minimum absolute atomic E-state index is 0.224. The molecule has 0 amide bonds. The maximum Gasteiger partial charge on any atom is 0.211 e. The lowest BCUT2D eigenvalue weighted by molar-refractivity contribution is 0.0588. The van der Waals surface area contributed by atoms with Crippen molar-refractivity contribution in [1.82, 2.24) is 0 Å². The molecule has 1 atom stereocenters. The van der Waals surface area contributed by atoms with Gasteiger partial charge in [-0.05, 0) is 65.2 Å². The Labute approximate surface area is 171 Å². The predicted molar refractivity (Wildman–Crippen MR) is 122 cm³/mol. The highest BCUT2D eigenvalue weighted by Crippen LogP contribution is 2.56. The third kappa shape index (κ3) is 1.96. The fourth-order valence-electron chi connectivity index (χ4n) is 5.42. The van der Waals surface area contributed by atoms with Crippen LogP contribution in [0.15, 0.2) is 78.9 Å². The van der Waals surface area contributed by atoms with Crippen molar-refractivity contribution in [3.8, 4) is 5.75 Å². The molecule has 142 valence electrons. The van der Waals surface area contributed by atoms with Crippen molar-refractivity contribution >= 4 is 33.3 Å². The van der Waals surface area contributed by atoms with E-state index in [1.165, 1.54) is 38.4 Å². The van der Waals surface area contributed by atoms with E-state index in [2.05, 4.69) is 111 Å². The van der Waals surface area contributed by atoms with Crippen molar-refractivity contribution in [2.24, 2.45) is 0 Å². The normalized spacial score (nSPS) is 21.4. The number of rotatable bonds is 0. The van der Waals surface area contributed by atoms with Gasteiger partial charge in [-0.3, -0.25) is 0 Å². The zero-order valence-electron chi connectivity index (χ0n) is 16.9. The highest BCUT2D eigenvalue weighted by atomic mass is 16.5. The second-order valence-electron chi connectivity index (χ2n) is 8.70. The lowest BCUT2D eigenvalue weighted by Crippen LogP contribution is -2.58. The van der Waals surface area contributed by atoms with Crippen LogP contribution in [0, 0.1) is 0 Å². The van der Waals surface area contributed by atoms with Gasteiger partial charge in [-0.25, -0.2) is 0 Å². The second-order valence-corrected chi connectivity index (χ2v) is 8.70. The van der Waals surface area contributed by atoms with E-state index in [0.717, 1.165) is 5.75 Å². The average molecular weight is 377 g/mol. The molecule has 2 aliphatic heterocycles. The summed E-state index contributed by atoms with van der Waals surface area (Å²) in [6.07, 6.45) is 4.52. The fraction of sp³-hybridized carbons (Fsp3) is 0.185. The molecule has 0 fully saturated rings. The quantitative estimate of drug-likeness (QED) is 0.346. The van der Waals surface area contributed by atoms with Gasteiger partial charge in [0.05, 0.1) is 5.41 Å². The zero-order valence-corrected chi connectivity index (χ0v) is 16.9. The van der Waals surface area contributed by atoms with Gasteiger partial charge in [0.25, 0.3) is 0 Å². The minimum Gasteiger partial charge on any atom is -0.463 e. The number of fused-ring (bicyclic) bond motifs is 6. The molecule has 0 saturated carbocycles. The maximum absolute atomic E-state index is 6.89. The third-order valence-electron chi connectivity index (χ3n) is 6.96. The Morgan fingerprint density at radius 3 is 2.21 bits per heavy atom. The Balaban J connectivity index is 1.59. The number of likely N-dealkylation sites (N-methyl/N-ethyl adjacent to an activating group) is 1. The summed E-state index contributed by atoms with van der Waals surface area (Å²) in [6.45, 7) is 4.61. The van der Waals surface area contributed by atoms with Crippen LogP contribution in [0.2, 0.25) is 0 Å². The van der Waals surface area contributed by atoms with Crippen LogP contribution >= 0.6 is 0 Å². The van der Waals surface area contributed by atoms with Gasteiger partial charge in [-0.2, -0.15) is 0 Å². The van der Waals surface area contributed by atoms with Gasteiger partial charge in [-0.1, -0.05) is 60.7 Å². The topological polar surface area (TPSA) is 12.5 Å². The zero-order chi connectivity index (χ0) is 19.8. The molecule has 0 bridgehead atoms. The van der Waals surface area contributed by atoms with E-state index in [-0.39, 0.29) is 5.41 Å². The molecule has 6 rings (SSSR count). The lowest BCUT2D eigenvalue weighted by Gasteiger charge is -2.46. The maximum atomic E-state index is 6.89. The Morgan fingerprint density at radius 1 is 0.759 bits per heavy atom. The highest BCUT2D eigenvalue weighted by Gasteiger charge is 2.58. The van der Waals surface area contributed by atoms with Crippen molar-refractivity contribution < 1.29 is 4.74 Å². The summed E-state index contributed by atoms with van der Waals surface area (Å²) in [6, 6.07) is 25.9. The molecule has 2 aliphatic rings. The first kappa shape index (κ1) is 16.7. The smallest absolute Gasteiger partial charge is 0.211 e. The Hall–Kier alpha value is -3.26. The lowest BCUT2D eigenvalue weighted by atomic mass is 9.74. The van der Waals surface area contributed by atoms with E-state index in [1.807, 2.05) is 0 Å². The second kappa shape index (κ2) is 5.42. The molecule has 29 heavy (non-hydrogen) atoms. The average Bonchev–Trinajstić information content (AvgIpc) is 2.92. The van der Waals surface area contributed by atoms with Crippen LogP contribution in [0.25, 0.3) is 27.6 Å². The minimum atomic E-state index is -0.561. The first-order valence-corrected chi connectivity index (χ1v) is 10.2. The molecule has 0 aliphatic carbocycles. The number of hydrogen-bond donors (Lipinski definition) is 0. The first-order chi connectivity index (χ1) is 14.0. The fourth-order valence-corrected chi connectivity index (χ4v) is 5.42. The largest absolute Gasteiger partial charge is 0.463 e. The van der Waals surface area contributed by atoms with E-state index in [0.29, 0.717) is 0 Å². The molecule has 4 aromatic rings. The number of hydrogen-bond acceptors (Lipinski definition) is 2. The summed E-state index contributed by atoms with van der Waals surface area (Å²) >= 11 is 0. The Kier molecular flexibility index (Phi) is 3.11. The van der Waals surface area contributed by atoms with Gasteiger partial charge >= 0.3 is 0 Å². The van der Waals surface area contributed by atoms with E-state index in [9.17, 15) is 0 Å². The van der Waals surface area contributed by atoms with Crippen molar-refractivity contribution in [1.29, 1.82) is 0 Å². The summed E-state index contributed by atoms with van der Waals surface area (Å²) in [7, 11) is 2.15. The Morgan fingerprint density at radius 2 is 1.41 bits per heavy atom. The van der Waals surface area contributed by atoms with Gasteiger partial charge in [0.15, 0.2) is 0 Å². The molecule has 0 N–H and O–H groups in total. The number of nitrogens with zero attached hydrogens (tertiary/aromatic N) is 1. The molecule has 2 heterocycles. The van der Waals surface area contributed by atoms with Crippen LogP contribution < -0.4 is 9.64 Å². The molecule has 0 aromatic heterocycles. The molecule has 2 heteroatoms. The van der Waals surface area contributed by atoms with Crippen LogP contribution in [-0.2, 0) is 5.41 Å². The molecule has 1 spiro atoms. The highest BCUT2D eigenvalue weighted by molar-refractivity contribution is 5.96. The summed E-state index contributed by atoms with van der Waals surface area (Å²) in [5.41, 5.74) is 2.97. The Bertz CT molecular complexity index is 1330. The van der Waals surface area contributed by atoms with Gasteiger partial charge in [-0.15, -0.1) is 0 Å². The molecular formula is C27H23NO. The van der Waals surface area contributed by atoms with Crippen LogP contribution in [-0.4, -0.2) is 12.8 Å². The van der Waals surface area contributed by atoms with Crippen molar-refractivity contribution in [2.75, 3.05) is 11.9 Å². The molecule has 1 unspecified atom stereocenters. The summed E-state index contributed by atoms with van der Waals surface area (Å²) in [5.74, 6) is 0.947. The standard InChI is InChI=1S/C27H23NO/c1-26(2)25-21-11-7-5-9-19(21)12-14-23(25)28(3)27(26)17-16-22-20-10-6-4-8-18(20)13-15-24(22)29-27/h4-17H,1-3H3. The third-order valence-corrected chi connectivity index (χ3v) is 6.96. The van der Waals surface area contributed by atoms with Crippen LogP contribution in [0.5, 0.6) is 5.75 Å². The van der Waals surface area contributed by atoms with E-state index in [1.54, 1.807) is 0 Å². The number of ether oxygens (including phenoxy) is 1. The van der Waals surface area contributed by atoms with Crippen LogP contribution in [0.4, 0.5) is 5.69 Å². The van der Waals surface area contributed by atoms with Crippen molar-refractivity contribution in [3.05, 3.63) is 90.0 Å². The molecule has 0 saturated heterocycles. The number of benzene rings is 4. The van der Waals surface area contributed by atoms with Crippen molar-refractivity contribution in [2.45, 2.75) is 25.0 Å². The molecule has 4 aromatic carbocycles. The molecule has 2 nitrogen and oxygen atoms in total. The summed E-state index contributed by atoms with van der Waals surface area (Å²) in [5, 5.41) is 5.05. The van der Waals surface area contributed by atoms with E-state index < -0.39 is 5.72 Å². The van der Waals surface area contributed by atoms with Gasteiger partial charge in [0.2, 0.25) is 5.72 Å². The molecule has 0 radical (unpaired) electrons. The SMILES string of the molecule is CN1c2ccc3ccccc3c2C(C)(C)C12C=Cc1c(ccc3ccccc13)O2. The van der Waals surface area contributed by atoms with E-state index >= 15 is 0 Å². The summed E-state index contributed by atoms with van der Waals surface area (Å²) < 4.78 is 6.89. The predicted octanol–water partition coefficient (Wildman–Crippen LogP) is 6.52. The first-order valence-electron chi connectivity index (χ1n) is 10.2. The van der Waals surface area contributed by atoms with Crippen LogP contribution in [0.1, 0.15) is 25.0 Å². The van der Waals surface area contributed by atoms with Gasteiger partial charge < -0.3 is 9.64 Å². The molecular weight excluding hydrogens is 354 g/mol. The summed E-state index contributed by atoms with van der Waals surface area (Å²) in [4.78, 5) is 2.31. The van der Waals surface area contributed by atoms with Crippen molar-refractivity contribution in [3.63, 3.8) is 0 Å².